The number of rotatable bonds is 5. The van der Waals surface area contributed by atoms with E-state index in [2.05, 4.69) is 15.4 Å². The Bertz CT molecular complexity index is 617. The van der Waals surface area contributed by atoms with Crippen molar-refractivity contribution in [2.24, 2.45) is 0 Å². The van der Waals surface area contributed by atoms with Gasteiger partial charge in [-0.1, -0.05) is 11.6 Å². The molecule has 0 saturated carbocycles. The maximum Gasteiger partial charge on any atom is 0.241 e. The quantitative estimate of drug-likeness (QED) is 0.717. The van der Waals surface area contributed by atoms with Crippen molar-refractivity contribution in [2.45, 2.75) is 36.7 Å². The van der Waals surface area contributed by atoms with Gasteiger partial charge in [-0.25, -0.2) is 8.42 Å². The number of halogens is 2. The SMILES string of the molecule is CC(NS(=O)(=O)c1ccc(Cl)cc1)C(=O)N[C@H]1CCCNC1.Cl. The van der Waals surface area contributed by atoms with Crippen LogP contribution < -0.4 is 15.4 Å². The van der Waals surface area contributed by atoms with E-state index in [1.807, 2.05) is 0 Å². The molecule has 1 fully saturated rings. The number of sulfonamides is 1. The van der Waals surface area contributed by atoms with Crippen LogP contribution in [0.2, 0.25) is 5.02 Å². The van der Waals surface area contributed by atoms with Gasteiger partial charge in [0.25, 0.3) is 0 Å². The van der Waals surface area contributed by atoms with Gasteiger partial charge in [0.15, 0.2) is 0 Å². The lowest BCUT2D eigenvalue weighted by Gasteiger charge is -2.25. The predicted octanol–water partition coefficient (Wildman–Crippen LogP) is 1.30. The Morgan fingerprint density at radius 1 is 1.35 bits per heavy atom. The highest BCUT2D eigenvalue weighted by Gasteiger charge is 2.24. The molecule has 1 aliphatic rings. The van der Waals surface area contributed by atoms with Crippen molar-refractivity contribution in [3.8, 4) is 0 Å². The Kier molecular flexibility index (Phi) is 7.76. The molecule has 0 aromatic heterocycles. The number of hydrogen-bond acceptors (Lipinski definition) is 4. The van der Waals surface area contributed by atoms with Crippen LogP contribution in [-0.4, -0.2) is 39.5 Å². The Balaban J connectivity index is 0.00000264. The molecule has 1 unspecified atom stereocenters. The number of amides is 1. The third-order valence-corrected chi connectivity index (χ3v) is 5.30. The molecular formula is C14H21Cl2N3O3S. The molecule has 2 atom stereocenters. The van der Waals surface area contributed by atoms with E-state index >= 15 is 0 Å². The molecule has 0 aliphatic carbocycles. The molecule has 2 rings (SSSR count). The first-order chi connectivity index (χ1) is 10.4. The lowest BCUT2D eigenvalue weighted by Crippen LogP contribution is -2.52. The van der Waals surface area contributed by atoms with Gasteiger partial charge in [0.05, 0.1) is 10.9 Å². The summed E-state index contributed by atoms with van der Waals surface area (Å²) in [5, 5.41) is 6.50. The third kappa shape index (κ3) is 5.93. The Morgan fingerprint density at radius 2 is 2.00 bits per heavy atom. The summed E-state index contributed by atoms with van der Waals surface area (Å²) in [5.41, 5.74) is 0. The molecule has 130 valence electrons. The van der Waals surface area contributed by atoms with Gasteiger partial charge in [0.2, 0.25) is 15.9 Å². The van der Waals surface area contributed by atoms with E-state index in [9.17, 15) is 13.2 Å². The van der Waals surface area contributed by atoms with Crippen molar-refractivity contribution in [2.75, 3.05) is 13.1 Å². The van der Waals surface area contributed by atoms with E-state index in [0.29, 0.717) is 11.6 Å². The van der Waals surface area contributed by atoms with Crippen molar-refractivity contribution >= 4 is 39.9 Å². The van der Waals surface area contributed by atoms with Crippen molar-refractivity contribution in [1.82, 2.24) is 15.4 Å². The highest BCUT2D eigenvalue weighted by atomic mass is 35.5. The summed E-state index contributed by atoms with van der Waals surface area (Å²) in [5.74, 6) is -0.328. The first-order valence-electron chi connectivity index (χ1n) is 7.17. The van der Waals surface area contributed by atoms with Crippen LogP contribution in [0.1, 0.15) is 19.8 Å². The van der Waals surface area contributed by atoms with Crippen LogP contribution in [0.15, 0.2) is 29.2 Å². The van der Waals surface area contributed by atoms with E-state index in [1.54, 1.807) is 0 Å². The van der Waals surface area contributed by atoms with Gasteiger partial charge >= 0.3 is 0 Å². The first kappa shape index (κ1) is 20.2. The zero-order chi connectivity index (χ0) is 16.2. The zero-order valence-electron chi connectivity index (χ0n) is 12.7. The molecule has 6 nitrogen and oxygen atoms in total. The normalized spacial score (nSPS) is 19.5. The summed E-state index contributed by atoms with van der Waals surface area (Å²) in [6.07, 6.45) is 1.89. The number of hydrogen-bond donors (Lipinski definition) is 3. The minimum absolute atomic E-state index is 0. The highest BCUT2D eigenvalue weighted by molar-refractivity contribution is 7.89. The number of carbonyl (C=O) groups excluding carboxylic acids is 1. The molecule has 23 heavy (non-hydrogen) atoms. The van der Waals surface area contributed by atoms with Gasteiger partial charge in [-0.3, -0.25) is 4.79 Å². The summed E-state index contributed by atoms with van der Waals surface area (Å²) < 4.78 is 26.8. The monoisotopic (exact) mass is 381 g/mol. The fraction of sp³-hybridized carbons (Fsp3) is 0.500. The van der Waals surface area contributed by atoms with Crippen LogP contribution >= 0.6 is 24.0 Å². The second-order valence-corrected chi connectivity index (χ2v) is 7.50. The Hall–Kier alpha value is -0.860. The Morgan fingerprint density at radius 3 is 2.57 bits per heavy atom. The van der Waals surface area contributed by atoms with Crippen LogP contribution in [0.3, 0.4) is 0 Å². The topological polar surface area (TPSA) is 87.3 Å². The maximum absolute atomic E-state index is 12.2. The van der Waals surface area contributed by atoms with Gasteiger partial charge in [0, 0.05) is 17.6 Å². The summed E-state index contributed by atoms with van der Waals surface area (Å²) >= 11 is 5.74. The van der Waals surface area contributed by atoms with Gasteiger partial charge in [-0.15, -0.1) is 12.4 Å². The average Bonchev–Trinajstić information content (AvgIpc) is 2.48. The van der Waals surface area contributed by atoms with Gasteiger partial charge in [0.1, 0.15) is 0 Å². The second-order valence-electron chi connectivity index (χ2n) is 5.35. The average molecular weight is 382 g/mol. The van der Waals surface area contributed by atoms with E-state index in [-0.39, 0.29) is 29.3 Å². The molecule has 1 saturated heterocycles. The molecule has 1 aromatic rings. The molecular weight excluding hydrogens is 361 g/mol. The van der Waals surface area contributed by atoms with E-state index < -0.39 is 16.1 Å². The van der Waals surface area contributed by atoms with Crippen LogP contribution in [0.5, 0.6) is 0 Å². The second kappa shape index (κ2) is 8.84. The van der Waals surface area contributed by atoms with E-state index in [0.717, 1.165) is 19.4 Å². The Labute approximate surface area is 147 Å². The van der Waals surface area contributed by atoms with Crippen molar-refractivity contribution in [3.63, 3.8) is 0 Å². The zero-order valence-corrected chi connectivity index (χ0v) is 15.1. The van der Waals surface area contributed by atoms with Crippen LogP contribution in [0.25, 0.3) is 0 Å². The molecule has 0 bridgehead atoms. The van der Waals surface area contributed by atoms with Gasteiger partial charge in [-0.05, 0) is 50.6 Å². The van der Waals surface area contributed by atoms with Crippen molar-refractivity contribution in [1.29, 1.82) is 0 Å². The molecule has 1 heterocycles. The minimum Gasteiger partial charge on any atom is -0.351 e. The third-order valence-electron chi connectivity index (χ3n) is 3.49. The van der Waals surface area contributed by atoms with Crippen molar-refractivity contribution in [3.05, 3.63) is 29.3 Å². The molecule has 0 spiro atoms. The van der Waals surface area contributed by atoms with Gasteiger partial charge in [-0.2, -0.15) is 4.72 Å². The predicted molar refractivity (Wildman–Crippen MR) is 92.5 cm³/mol. The fourth-order valence-electron chi connectivity index (χ4n) is 2.27. The number of piperidine rings is 1. The standard InChI is InChI=1S/C14H20ClN3O3S.ClH/c1-10(14(19)17-12-3-2-8-16-9-12)18-22(20,21)13-6-4-11(15)5-7-13;/h4-7,10,12,16,18H,2-3,8-9H2,1H3,(H,17,19);1H/t10?,12-;/m0./s1. The molecule has 1 aliphatic heterocycles. The lowest BCUT2D eigenvalue weighted by atomic mass is 10.1. The largest absolute Gasteiger partial charge is 0.351 e. The van der Waals surface area contributed by atoms with Gasteiger partial charge < -0.3 is 10.6 Å². The molecule has 9 heteroatoms. The molecule has 1 aromatic carbocycles. The number of benzene rings is 1. The lowest BCUT2D eigenvalue weighted by molar-refractivity contribution is -0.123. The summed E-state index contributed by atoms with van der Waals surface area (Å²) in [6, 6.07) is 5.00. The smallest absolute Gasteiger partial charge is 0.241 e. The molecule has 1 amide bonds. The van der Waals surface area contributed by atoms with Crippen LogP contribution in [-0.2, 0) is 14.8 Å². The van der Waals surface area contributed by atoms with E-state index in [4.69, 9.17) is 11.6 Å². The van der Waals surface area contributed by atoms with Crippen LogP contribution in [0.4, 0.5) is 0 Å². The summed E-state index contributed by atoms with van der Waals surface area (Å²) in [7, 11) is -3.75. The summed E-state index contributed by atoms with van der Waals surface area (Å²) in [4.78, 5) is 12.2. The maximum atomic E-state index is 12.2. The highest BCUT2D eigenvalue weighted by Crippen LogP contribution is 2.14. The molecule has 0 radical (unpaired) electrons. The first-order valence-corrected chi connectivity index (χ1v) is 9.03. The minimum atomic E-state index is -3.75. The van der Waals surface area contributed by atoms with E-state index in [1.165, 1.54) is 31.2 Å². The number of nitrogens with one attached hydrogen (secondary N) is 3. The van der Waals surface area contributed by atoms with Crippen LogP contribution in [0, 0.1) is 0 Å². The molecule has 3 N–H and O–H groups in total. The summed E-state index contributed by atoms with van der Waals surface area (Å²) in [6.45, 7) is 3.19. The van der Waals surface area contributed by atoms with Crippen molar-refractivity contribution < 1.29 is 13.2 Å². The fourth-order valence-corrected chi connectivity index (χ4v) is 3.60. The number of carbonyl (C=O) groups is 1.